The average Bonchev–Trinajstić information content (AvgIpc) is 3.36. The van der Waals surface area contributed by atoms with Crippen molar-refractivity contribution in [3.05, 3.63) is 84.1 Å². The molecule has 13 nitrogen and oxygen atoms in total. The van der Waals surface area contributed by atoms with E-state index in [1.807, 2.05) is 60.3 Å². The molecular weight excluding hydrogens is 735 g/mol. The standard InChI is InChI=1S/C45H63N7O6/c1-50(33-18-5-3-4-6-19-34-51(2)41(54)27-13-9-17-30-48-45(57)58-35-36-21-10-7-11-22-36)40(53)26-12-8-16-29-46-32-28-42(55)52-39-25-15-14-23-37(39)44(56)49-38-24-20-31-47-43(38)52/h7,10-11,14-15,20-25,31,46H,3-6,8-9,12-13,16-19,26-30,32-35H2,1-2H3,(H,48,57)(H,49,56). The van der Waals surface area contributed by atoms with Crippen molar-refractivity contribution < 1.29 is 28.7 Å². The zero-order valence-corrected chi connectivity index (χ0v) is 34.5. The Morgan fingerprint density at radius 3 is 1.97 bits per heavy atom. The summed E-state index contributed by atoms with van der Waals surface area (Å²) in [7, 11) is 3.76. The van der Waals surface area contributed by atoms with Crippen LogP contribution >= 0.6 is 0 Å². The van der Waals surface area contributed by atoms with E-state index < -0.39 is 6.09 Å². The topological polar surface area (TPSA) is 153 Å². The third-order valence-corrected chi connectivity index (χ3v) is 10.3. The minimum atomic E-state index is -0.419. The summed E-state index contributed by atoms with van der Waals surface area (Å²) in [6, 6.07) is 20.1. The van der Waals surface area contributed by atoms with Crippen LogP contribution in [0.3, 0.4) is 0 Å². The van der Waals surface area contributed by atoms with E-state index in [2.05, 4.69) is 20.9 Å². The third-order valence-electron chi connectivity index (χ3n) is 10.3. The monoisotopic (exact) mass is 797 g/mol. The van der Waals surface area contributed by atoms with Crippen LogP contribution in [0, 0.1) is 0 Å². The number of unbranched alkanes of at least 4 members (excludes halogenated alkanes) is 9. The number of hydrogen-bond donors (Lipinski definition) is 3. The van der Waals surface area contributed by atoms with E-state index in [0.717, 1.165) is 102 Å². The Hall–Kier alpha value is -5.30. The number of carbonyl (C=O) groups excluding carboxylic acids is 5. The zero-order valence-electron chi connectivity index (χ0n) is 34.5. The van der Waals surface area contributed by atoms with Crippen LogP contribution in [-0.4, -0.2) is 91.3 Å². The van der Waals surface area contributed by atoms with Crippen molar-refractivity contribution in [1.29, 1.82) is 0 Å². The lowest BCUT2D eigenvalue weighted by Crippen LogP contribution is -2.30. The Morgan fingerprint density at radius 1 is 0.672 bits per heavy atom. The summed E-state index contributed by atoms with van der Waals surface area (Å²) in [6.45, 7) is 3.58. The number of para-hydroxylation sites is 1. The van der Waals surface area contributed by atoms with Gasteiger partial charge in [-0.25, -0.2) is 9.78 Å². The Balaban J connectivity index is 0.931. The van der Waals surface area contributed by atoms with Crippen molar-refractivity contribution in [2.45, 2.75) is 103 Å². The highest BCUT2D eigenvalue weighted by atomic mass is 16.5. The minimum Gasteiger partial charge on any atom is -0.445 e. The first kappa shape index (κ1) is 45.4. The summed E-state index contributed by atoms with van der Waals surface area (Å²) in [4.78, 5) is 72.7. The van der Waals surface area contributed by atoms with Crippen molar-refractivity contribution in [3.8, 4) is 0 Å². The largest absolute Gasteiger partial charge is 0.445 e. The molecule has 13 heteroatoms. The maximum atomic E-state index is 13.4. The molecule has 314 valence electrons. The molecule has 4 rings (SSSR count). The number of carbonyl (C=O) groups is 5. The van der Waals surface area contributed by atoms with Crippen molar-refractivity contribution in [2.24, 2.45) is 0 Å². The molecule has 0 bridgehead atoms. The summed E-state index contributed by atoms with van der Waals surface area (Å²) in [5, 5.41) is 8.97. The van der Waals surface area contributed by atoms with Crippen LogP contribution in [0.15, 0.2) is 72.9 Å². The number of benzene rings is 2. The molecule has 0 saturated carbocycles. The van der Waals surface area contributed by atoms with E-state index >= 15 is 0 Å². The number of amides is 5. The SMILES string of the molecule is CN(CCCCCCCCN(C)C(=O)CCCCCNC(=O)OCc1ccccc1)C(=O)CCCCCNCCC(=O)N1c2ccccc2C(=O)Nc2cccnc21. The molecule has 1 aromatic heterocycles. The number of ether oxygens (including phenoxy) is 1. The van der Waals surface area contributed by atoms with Gasteiger partial charge in [-0.3, -0.25) is 24.1 Å². The van der Waals surface area contributed by atoms with Crippen molar-refractivity contribution in [3.63, 3.8) is 0 Å². The molecule has 58 heavy (non-hydrogen) atoms. The van der Waals surface area contributed by atoms with Gasteiger partial charge < -0.3 is 30.5 Å². The smallest absolute Gasteiger partial charge is 0.407 e. The number of aromatic nitrogens is 1. The van der Waals surface area contributed by atoms with Gasteiger partial charge in [0, 0.05) is 65.7 Å². The van der Waals surface area contributed by atoms with E-state index in [1.165, 1.54) is 4.90 Å². The molecule has 2 heterocycles. The molecule has 0 atom stereocenters. The van der Waals surface area contributed by atoms with Gasteiger partial charge in [0.25, 0.3) is 5.91 Å². The highest BCUT2D eigenvalue weighted by Gasteiger charge is 2.29. The van der Waals surface area contributed by atoms with Crippen LogP contribution < -0.4 is 20.9 Å². The number of nitrogens with zero attached hydrogens (tertiary/aromatic N) is 4. The molecule has 5 amide bonds. The van der Waals surface area contributed by atoms with Crippen LogP contribution in [0.4, 0.5) is 22.0 Å². The third kappa shape index (κ3) is 15.9. The van der Waals surface area contributed by atoms with Crippen LogP contribution in [0.2, 0.25) is 0 Å². The van der Waals surface area contributed by atoms with Gasteiger partial charge in [0.1, 0.15) is 6.61 Å². The van der Waals surface area contributed by atoms with E-state index in [0.29, 0.717) is 48.7 Å². The lowest BCUT2D eigenvalue weighted by molar-refractivity contribution is -0.130. The second kappa shape index (κ2) is 25.9. The highest BCUT2D eigenvalue weighted by Crippen LogP contribution is 2.36. The molecule has 1 aliphatic rings. The molecule has 0 saturated heterocycles. The van der Waals surface area contributed by atoms with Gasteiger partial charge >= 0.3 is 6.09 Å². The first-order valence-corrected chi connectivity index (χ1v) is 21.1. The summed E-state index contributed by atoms with van der Waals surface area (Å²) >= 11 is 0. The Kier molecular flexibility index (Phi) is 20.2. The fourth-order valence-corrected chi connectivity index (χ4v) is 6.80. The van der Waals surface area contributed by atoms with Crippen molar-refractivity contribution in [1.82, 2.24) is 25.4 Å². The molecular formula is C45H63N7O6. The van der Waals surface area contributed by atoms with Crippen LogP contribution in [0.5, 0.6) is 0 Å². The summed E-state index contributed by atoms with van der Waals surface area (Å²) in [6.07, 6.45) is 14.1. The van der Waals surface area contributed by atoms with Gasteiger partial charge in [-0.2, -0.15) is 0 Å². The summed E-state index contributed by atoms with van der Waals surface area (Å²) in [5.41, 5.74) is 2.40. The first-order chi connectivity index (χ1) is 28.2. The van der Waals surface area contributed by atoms with Gasteiger partial charge in [-0.05, 0) is 74.9 Å². The number of fused-ring (bicyclic) bond motifs is 2. The lowest BCUT2D eigenvalue weighted by Gasteiger charge is -2.22. The first-order valence-electron chi connectivity index (χ1n) is 21.1. The van der Waals surface area contributed by atoms with E-state index in [4.69, 9.17) is 4.74 Å². The fourth-order valence-electron chi connectivity index (χ4n) is 6.80. The number of rotatable bonds is 26. The molecule has 3 N–H and O–H groups in total. The van der Waals surface area contributed by atoms with E-state index in [-0.39, 0.29) is 36.7 Å². The van der Waals surface area contributed by atoms with Crippen LogP contribution in [-0.2, 0) is 25.7 Å². The Labute approximate surface area is 344 Å². The molecule has 0 spiro atoms. The fraction of sp³-hybridized carbons (Fsp3) is 0.511. The quantitative estimate of drug-likeness (QED) is 0.0703. The molecule has 0 fully saturated rings. The zero-order chi connectivity index (χ0) is 41.4. The van der Waals surface area contributed by atoms with Gasteiger partial charge in [0.15, 0.2) is 5.82 Å². The Bertz CT molecular complexity index is 1740. The van der Waals surface area contributed by atoms with Crippen molar-refractivity contribution >= 4 is 46.9 Å². The van der Waals surface area contributed by atoms with E-state index in [9.17, 15) is 24.0 Å². The second-order valence-corrected chi connectivity index (χ2v) is 14.9. The summed E-state index contributed by atoms with van der Waals surface area (Å²) in [5.74, 6) is 0.351. The molecule has 0 aliphatic carbocycles. The number of hydrogen-bond acceptors (Lipinski definition) is 8. The minimum absolute atomic E-state index is 0.145. The number of pyridine rings is 1. The number of nitrogens with one attached hydrogen (secondary N) is 3. The summed E-state index contributed by atoms with van der Waals surface area (Å²) < 4.78 is 5.21. The molecule has 1 aliphatic heterocycles. The molecule has 2 aromatic carbocycles. The van der Waals surface area contributed by atoms with E-state index in [1.54, 1.807) is 36.5 Å². The molecule has 3 aromatic rings. The lowest BCUT2D eigenvalue weighted by atomic mass is 10.1. The number of anilines is 3. The van der Waals surface area contributed by atoms with Crippen LogP contribution in [0.1, 0.15) is 112 Å². The van der Waals surface area contributed by atoms with Gasteiger partial charge in [0.05, 0.1) is 16.9 Å². The Morgan fingerprint density at radius 2 is 1.28 bits per heavy atom. The average molecular weight is 798 g/mol. The predicted molar refractivity (Wildman–Crippen MR) is 228 cm³/mol. The molecule has 0 radical (unpaired) electrons. The van der Waals surface area contributed by atoms with Crippen molar-refractivity contribution in [2.75, 3.05) is 57.0 Å². The maximum absolute atomic E-state index is 13.4. The van der Waals surface area contributed by atoms with Gasteiger partial charge in [-0.1, -0.05) is 81.0 Å². The van der Waals surface area contributed by atoms with Crippen LogP contribution in [0.25, 0.3) is 0 Å². The predicted octanol–water partition coefficient (Wildman–Crippen LogP) is 7.60. The van der Waals surface area contributed by atoms with Gasteiger partial charge in [0.2, 0.25) is 17.7 Å². The normalized spacial score (nSPS) is 11.8. The number of alkyl carbamates (subject to hydrolysis) is 1. The highest BCUT2D eigenvalue weighted by molar-refractivity contribution is 6.17. The second-order valence-electron chi connectivity index (χ2n) is 14.9. The maximum Gasteiger partial charge on any atom is 0.407 e. The van der Waals surface area contributed by atoms with Gasteiger partial charge in [-0.15, -0.1) is 0 Å². The molecule has 0 unspecified atom stereocenters.